The molecule has 0 radical (unpaired) electrons. The summed E-state index contributed by atoms with van der Waals surface area (Å²) in [6, 6.07) is 29.9. The second kappa shape index (κ2) is 5.53. The first-order valence-electron chi connectivity index (χ1n) is 7.60. The molecule has 1 aliphatic heterocycles. The average Bonchev–Trinajstić information content (AvgIpc) is 2.62. The van der Waals surface area contributed by atoms with E-state index >= 15 is 0 Å². The minimum absolute atomic E-state index is 0.200. The van der Waals surface area contributed by atoms with E-state index in [1.807, 2.05) is 0 Å². The topological polar surface area (TPSA) is 12.0 Å². The molecule has 1 heteroatoms. The highest BCUT2D eigenvalue weighted by Crippen LogP contribution is 2.38. The van der Waals surface area contributed by atoms with E-state index < -0.39 is 0 Å². The smallest absolute Gasteiger partial charge is 0.0707 e. The summed E-state index contributed by atoms with van der Waals surface area (Å²) in [7, 11) is 0. The average molecular weight is 283 g/mol. The van der Waals surface area contributed by atoms with Gasteiger partial charge in [0.25, 0.3) is 0 Å². The zero-order valence-corrected chi connectivity index (χ0v) is 12.2. The first-order valence-corrected chi connectivity index (χ1v) is 7.60. The minimum atomic E-state index is 0.200. The van der Waals surface area contributed by atoms with Crippen LogP contribution in [0.3, 0.4) is 0 Å². The number of benzene rings is 3. The summed E-state index contributed by atoms with van der Waals surface area (Å²) in [5, 5.41) is 3.64. The largest absolute Gasteiger partial charge is 0.374 e. The SMILES string of the molecule is C1=C(c2ccccc2)c2ccccc2NC1c1ccccc1. The third kappa shape index (κ3) is 2.31. The summed E-state index contributed by atoms with van der Waals surface area (Å²) in [6.07, 6.45) is 2.33. The van der Waals surface area contributed by atoms with E-state index in [-0.39, 0.29) is 6.04 Å². The molecular weight excluding hydrogens is 266 g/mol. The number of hydrogen-bond donors (Lipinski definition) is 1. The maximum Gasteiger partial charge on any atom is 0.0707 e. The molecule has 1 atom stereocenters. The zero-order valence-electron chi connectivity index (χ0n) is 12.2. The number of fused-ring (bicyclic) bond motifs is 1. The molecule has 1 heterocycles. The van der Waals surface area contributed by atoms with Gasteiger partial charge in [0.1, 0.15) is 0 Å². The van der Waals surface area contributed by atoms with Crippen molar-refractivity contribution in [3.63, 3.8) is 0 Å². The minimum Gasteiger partial charge on any atom is -0.374 e. The third-order valence-corrected chi connectivity index (χ3v) is 4.11. The summed E-state index contributed by atoms with van der Waals surface area (Å²) in [6.45, 7) is 0. The van der Waals surface area contributed by atoms with Gasteiger partial charge in [0.2, 0.25) is 0 Å². The number of anilines is 1. The zero-order chi connectivity index (χ0) is 14.8. The quantitative estimate of drug-likeness (QED) is 0.674. The van der Waals surface area contributed by atoms with E-state index in [0.717, 1.165) is 0 Å². The van der Waals surface area contributed by atoms with Crippen LogP contribution in [0.25, 0.3) is 5.57 Å². The predicted octanol–water partition coefficient (Wildman–Crippen LogP) is 5.29. The summed E-state index contributed by atoms with van der Waals surface area (Å²) >= 11 is 0. The molecule has 1 N–H and O–H groups in total. The molecular formula is C21H17N. The van der Waals surface area contributed by atoms with Crippen LogP contribution in [-0.4, -0.2) is 0 Å². The van der Waals surface area contributed by atoms with Gasteiger partial charge in [0.15, 0.2) is 0 Å². The van der Waals surface area contributed by atoms with Crippen molar-refractivity contribution >= 4 is 11.3 Å². The molecule has 106 valence electrons. The van der Waals surface area contributed by atoms with E-state index in [2.05, 4.69) is 96.3 Å². The molecule has 1 aliphatic rings. The van der Waals surface area contributed by atoms with Crippen LogP contribution >= 0.6 is 0 Å². The van der Waals surface area contributed by atoms with Crippen molar-refractivity contribution in [3.05, 3.63) is 108 Å². The molecule has 0 spiro atoms. The Hall–Kier alpha value is -2.80. The predicted molar refractivity (Wildman–Crippen MR) is 92.8 cm³/mol. The van der Waals surface area contributed by atoms with Crippen LogP contribution in [-0.2, 0) is 0 Å². The first kappa shape index (κ1) is 12.9. The molecule has 0 aromatic heterocycles. The highest BCUT2D eigenvalue weighted by atomic mass is 14.9. The van der Waals surface area contributed by atoms with Crippen LogP contribution in [0.2, 0.25) is 0 Å². The monoisotopic (exact) mass is 283 g/mol. The van der Waals surface area contributed by atoms with Crippen molar-refractivity contribution in [1.29, 1.82) is 0 Å². The Labute approximate surface area is 130 Å². The van der Waals surface area contributed by atoms with Crippen molar-refractivity contribution < 1.29 is 0 Å². The van der Waals surface area contributed by atoms with Crippen LogP contribution in [0.1, 0.15) is 22.7 Å². The van der Waals surface area contributed by atoms with Crippen molar-refractivity contribution in [3.8, 4) is 0 Å². The standard InChI is InChI=1S/C21H17N/c1-3-9-16(10-4-1)19-15-21(17-11-5-2-6-12-17)22-20-14-8-7-13-18(19)20/h1-15,21-22H. The van der Waals surface area contributed by atoms with Crippen molar-refractivity contribution in [2.24, 2.45) is 0 Å². The summed E-state index contributed by atoms with van der Waals surface area (Å²) in [5.74, 6) is 0. The second-order valence-electron chi connectivity index (χ2n) is 5.52. The molecule has 22 heavy (non-hydrogen) atoms. The van der Waals surface area contributed by atoms with Crippen molar-refractivity contribution in [2.45, 2.75) is 6.04 Å². The maximum atomic E-state index is 3.64. The fourth-order valence-corrected chi connectivity index (χ4v) is 3.02. The van der Waals surface area contributed by atoms with E-state index in [1.54, 1.807) is 0 Å². The first-order chi connectivity index (χ1) is 10.9. The molecule has 0 bridgehead atoms. The van der Waals surface area contributed by atoms with Gasteiger partial charge in [-0.2, -0.15) is 0 Å². The van der Waals surface area contributed by atoms with E-state index in [4.69, 9.17) is 0 Å². The second-order valence-corrected chi connectivity index (χ2v) is 5.52. The van der Waals surface area contributed by atoms with Gasteiger partial charge in [-0.15, -0.1) is 0 Å². The van der Waals surface area contributed by atoms with Crippen LogP contribution in [0.5, 0.6) is 0 Å². The fourth-order valence-electron chi connectivity index (χ4n) is 3.02. The lowest BCUT2D eigenvalue weighted by molar-refractivity contribution is 0.973. The normalized spacial score (nSPS) is 16.4. The Morgan fingerprint density at radius 2 is 1.27 bits per heavy atom. The lowest BCUT2D eigenvalue weighted by Crippen LogP contribution is -2.14. The van der Waals surface area contributed by atoms with Gasteiger partial charge in [-0.1, -0.05) is 78.9 Å². The van der Waals surface area contributed by atoms with Gasteiger partial charge in [0, 0.05) is 11.3 Å². The Bertz CT molecular complexity index is 804. The molecule has 0 fully saturated rings. The van der Waals surface area contributed by atoms with E-state index in [1.165, 1.54) is 28.0 Å². The highest BCUT2D eigenvalue weighted by Gasteiger charge is 2.20. The molecule has 0 saturated carbocycles. The molecule has 3 aromatic carbocycles. The molecule has 1 unspecified atom stereocenters. The van der Waals surface area contributed by atoms with Crippen molar-refractivity contribution in [2.75, 3.05) is 5.32 Å². The van der Waals surface area contributed by atoms with E-state index in [9.17, 15) is 0 Å². The number of rotatable bonds is 2. The lowest BCUT2D eigenvalue weighted by atomic mass is 9.89. The molecule has 1 nitrogen and oxygen atoms in total. The number of para-hydroxylation sites is 1. The van der Waals surface area contributed by atoms with Gasteiger partial charge in [0.05, 0.1) is 6.04 Å². The lowest BCUT2D eigenvalue weighted by Gasteiger charge is -2.27. The van der Waals surface area contributed by atoms with Gasteiger partial charge >= 0.3 is 0 Å². The highest BCUT2D eigenvalue weighted by molar-refractivity contribution is 5.89. The third-order valence-electron chi connectivity index (χ3n) is 4.11. The van der Waals surface area contributed by atoms with Gasteiger partial charge in [-0.25, -0.2) is 0 Å². The van der Waals surface area contributed by atoms with Gasteiger partial charge < -0.3 is 5.32 Å². The summed E-state index contributed by atoms with van der Waals surface area (Å²) < 4.78 is 0. The fraction of sp³-hybridized carbons (Fsp3) is 0.0476. The molecule has 0 amide bonds. The van der Waals surface area contributed by atoms with Crippen LogP contribution in [0.15, 0.2) is 91.0 Å². The maximum absolute atomic E-state index is 3.64. The summed E-state index contributed by atoms with van der Waals surface area (Å²) in [4.78, 5) is 0. The Morgan fingerprint density at radius 3 is 2.05 bits per heavy atom. The van der Waals surface area contributed by atoms with E-state index in [0.29, 0.717) is 0 Å². The molecule has 4 rings (SSSR count). The Balaban J connectivity index is 1.86. The summed E-state index contributed by atoms with van der Waals surface area (Å²) in [5.41, 5.74) is 6.30. The van der Waals surface area contributed by atoms with Gasteiger partial charge in [-0.3, -0.25) is 0 Å². The van der Waals surface area contributed by atoms with Crippen LogP contribution < -0.4 is 5.32 Å². The number of hydrogen-bond acceptors (Lipinski definition) is 1. The molecule has 0 saturated heterocycles. The molecule has 3 aromatic rings. The Morgan fingerprint density at radius 1 is 0.636 bits per heavy atom. The van der Waals surface area contributed by atoms with Crippen LogP contribution in [0.4, 0.5) is 5.69 Å². The Kier molecular flexibility index (Phi) is 3.24. The van der Waals surface area contributed by atoms with Crippen LogP contribution in [0, 0.1) is 0 Å². The van der Waals surface area contributed by atoms with Crippen molar-refractivity contribution in [1.82, 2.24) is 0 Å². The van der Waals surface area contributed by atoms with Gasteiger partial charge in [-0.05, 0) is 28.8 Å². The molecule has 0 aliphatic carbocycles. The number of nitrogens with one attached hydrogen (secondary N) is 1.